The van der Waals surface area contributed by atoms with Gasteiger partial charge in [-0.15, -0.1) is 0 Å². The maximum atomic E-state index is 4.27. The minimum absolute atomic E-state index is 0.898. The molecule has 0 radical (unpaired) electrons. The minimum atomic E-state index is 0.898. The lowest BCUT2D eigenvalue weighted by Crippen LogP contribution is -1.94. The van der Waals surface area contributed by atoms with Gasteiger partial charge in [-0.25, -0.2) is 9.50 Å². The number of aromatic nitrogens is 3. The van der Waals surface area contributed by atoms with Crippen molar-refractivity contribution in [2.45, 2.75) is 12.8 Å². The van der Waals surface area contributed by atoms with Crippen molar-refractivity contribution in [1.82, 2.24) is 14.6 Å². The predicted molar refractivity (Wildman–Crippen MR) is 55.2 cm³/mol. The molecule has 0 aliphatic carbocycles. The Balaban J connectivity index is 2.26. The lowest BCUT2D eigenvalue weighted by atomic mass is 10.2. The Labute approximate surface area is 82.2 Å². The van der Waals surface area contributed by atoms with Crippen molar-refractivity contribution in [3.8, 4) is 0 Å². The maximum Gasteiger partial charge on any atom is 0.154 e. The zero-order valence-corrected chi connectivity index (χ0v) is 8.11. The van der Waals surface area contributed by atoms with Crippen LogP contribution in [0.15, 0.2) is 24.7 Å². The molecule has 0 saturated carbocycles. The number of hydrogen-bond acceptors (Lipinski definition) is 3. The number of rotatable bonds is 3. The molecule has 0 N–H and O–H groups in total. The van der Waals surface area contributed by atoms with Crippen LogP contribution in [-0.2, 0) is 6.42 Å². The highest BCUT2D eigenvalue weighted by atomic mass is 32.1. The van der Waals surface area contributed by atoms with Gasteiger partial charge in [0.2, 0.25) is 0 Å². The van der Waals surface area contributed by atoms with Crippen LogP contribution in [0.2, 0.25) is 0 Å². The Morgan fingerprint density at radius 2 is 2.38 bits per heavy atom. The predicted octanol–water partition coefficient (Wildman–Crippen LogP) is 1.59. The first-order chi connectivity index (χ1) is 6.40. The molecule has 0 spiro atoms. The van der Waals surface area contributed by atoms with E-state index in [-0.39, 0.29) is 0 Å². The molecule has 0 aliphatic rings. The van der Waals surface area contributed by atoms with Gasteiger partial charge in [0, 0.05) is 18.5 Å². The fraction of sp³-hybridized carbons (Fsp3) is 0.333. The number of aryl methyl sites for hydroxylation is 1. The largest absolute Gasteiger partial charge is 0.237 e. The van der Waals surface area contributed by atoms with E-state index in [1.807, 2.05) is 18.5 Å². The second-order valence-electron chi connectivity index (χ2n) is 2.92. The molecule has 4 heteroatoms. The fourth-order valence-corrected chi connectivity index (χ4v) is 1.42. The van der Waals surface area contributed by atoms with Gasteiger partial charge in [0.1, 0.15) is 0 Å². The number of nitrogens with zero attached hydrogens (tertiary/aromatic N) is 3. The van der Waals surface area contributed by atoms with Crippen LogP contribution in [0, 0.1) is 0 Å². The SMILES string of the molecule is SCCCc1cnc2ccnn2c1. The second kappa shape index (κ2) is 3.79. The summed E-state index contributed by atoms with van der Waals surface area (Å²) in [7, 11) is 0. The summed E-state index contributed by atoms with van der Waals surface area (Å²) in [6.45, 7) is 0. The molecule has 13 heavy (non-hydrogen) atoms. The smallest absolute Gasteiger partial charge is 0.154 e. The van der Waals surface area contributed by atoms with E-state index in [2.05, 4.69) is 22.7 Å². The highest BCUT2D eigenvalue weighted by Gasteiger charge is 1.96. The van der Waals surface area contributed by atoms with Crippen LogP contribution in [0.3, 0.4) is 0 Å². The van der Waals surface area contributed by atoms with Gasteiger partial charge >= 0.3 is 0 Å². The van der Waals surface area contributed by atoms with Crippen LogP contribution < -0.4 is 0 Å². The van der Waals surface area contributed by atoms with Crippen LogP contribution in [0.5, 0.6) is 0 Å². The molecular formula is C9H11N3S. The molecule has 0 unspecified atom stereocenters. The first-order valence-electron chi connectivity index (χ1n) is 4.29. The third kappa shape index (κ3) is 1.83. The summed E-state index contributed by atoms with van der Waals surface area (Å²) < 4.78 is 1.80. The minimum Gasteiger partial charge on any atom is -0.237 e. The topological polar surface area (TPSA) is 30.2 Å². The van der Waals surface area contributed by atoms with Crippen molar-refractivity contribution in [3.63, 3.8) is 0 Å². The normalized spacial score (nSPS) is 10.8. The van der Waals surface area contributed by atoms with Crippen molar-refractivity contribution in [1.29, 1.82) is 0 Å². The van der Waals surface area contributed by atoms with Crippen LogP contribution in [-0.4, -0.2) is 20.4 Å². The number of hydrogen-bond donors (Lipinski definition) is 1. The van der Waals surface area contributed by atoms with E-state index >= 15 is 0 Å². The zero-order chi connectivity index (χ0) is 9.10. The van der Waals surface area contributed by atoms with E-state index in [0.29, 0.717) is 0 Å². The van der Waals surface area contributed by atoms with E-state index in [9.17, 15) is 0 Å². The average Bonchev–Trinajstić information content (AvgIpc) is 2.61. The maximum absolute atomic E-state index is 4.27. The molecule has 0 amide bonds. The number of fused-ring (bicyclic) bond motifs is 1. The monoisotopic (exact) mass is 193 g/mol. The van der Waals surface area contributed by atoms with Gasteiger partial charge in [0.05, 0.1) is 6.20 Å². The molecule has 0 atom stereocenters. The van der Waals surface area contributed by atoms with Crippen molar-refractivity contribution < 1.29 is 0 Å². The van der Waals surface area contributed by atoms with Gasteiger partial charge in [-0.05, 0) is 24.2 Å². The first kappa shape index (κ1) is 8.56. The molecule has 2 aromatic heterocycles. The van der Waals surface area contributed by atoms with E-state index in [0.717, 1.165) is 24.2 Å². The van der Waals surface area contributed by atoms with Gasteiger partial charge in [-0.1, -0.05) is 0 Å². The Hall–Kier alpha value is -1.03. The summed E-state index contributed by atoms with van der Waals surface area (Å²) in [4.78, 5) is 4.27. The standard InChI is InChI=1S/C9H11N3S/c13-5-1-2-8-6-10-9-3-4-11-12(9)7-8/h3-4,6-7,13H,1-2,5H2. The van der Waals surface area contributed by atoms with Crippen LogP contribution in [0.25, 0.3) is 5.65 Å². The van der Waals surface area contributed by atoms with Gasteiger partial charge in [0.25, 0.3) is 0 Å². The van der Waals surface area contributed by atoms with Crippen molar-refractivity contribution in [2.24, 2.45) is 0 Å². The summed E-state index contributed by atoms with van der Waals surface area (Å²) in [5.74, 6) is 0.914. The van der Waals surface area contributed by atoms with Crippen molar-refractivity contribution in [2.75, 3.05) is 5.75 Å². The van der Waals surface area contributed by atoms with Crippen LogP contribution >= 0.6 is 12.6 Å². The Kier molecular flexibility index (Phi) is 2.49. The summed E-state index contributed by atoms with van der Waals surface area (Å²) in [5.41, 5.74) is 2.11. The average molecular weight is 193 g/mol. The molecular weight excluding hydrogens is 182 g/mol. The van der Waals surface area contributed by atoms with E-state index in [1.54, 1.807) is 10.7 Å². The van der Waals surface area contributed by atoms with Crippen LogP contribution in [0.1, 0.15) is 12.0 Å². The quantitative estimate of drug-likeness (QED) is 0.750. The molecule has 0 saturated heterocycles. The highest BCUT2D eigenvalue weighted by Crippen LogP contribution is 2.04. The van der Waals surface area contributed by atoms with Crippen molar-refractivity contribution >= 4 is 18.3 Å². The summed E-state index contributed by atoms with van der Waals surface area (Å²) >= 11 is 4.17. The molecule has 0 aromatic carbocycles. The summed E-state index contributed by atoms with van der Waals surface area (Å²) in [6.07, 6.45) is 7.78. The highest BCUT2D eigenvalue weighted by molar-refractivity contribution is 7.80. The van der Waals surface area contributed by atoms with E-state index in [4.69, 9.17) is 0 Å². The fourth-order valence-electron chi connectivity index (χ4n) is 1.26. The first-order valence-corrected chi connectivity index (χ1v) is 4.92. The van der Waals surface area contributed by atoms with Gasteiger partial charge in [-0.2, -0.15) is 17.7 Å². The third-order valence-corrected chi connectivity index (χ3v) is 2.24. The summed E-state index contributed by atoms with van der Waals surface area (Å²) in [6, 6.07) is 1.89. The molecule has 2 rings (SSSR count). The Morgan fingerprint density at radius 1 is 1.46 bits per heavy atom. The molecule has 3 nitrogen and oxygen atoms in total. The van der Waals surface area contributed by atoms with Gasteiger partial charge in [0.15, 0.2) is 5.65 Å². The lowest BCUT2D eigenvalue weighted by Gasteiger charge is -1.99. The zero-order valence-electron chi connectivity index (χ0n) is 7.22. The van der Waals surface area contributed by atoms with Crippen LogP contribution in [0.4, 0.5) is 0 Å². The number of thiol groups is 1. The van der Waals surface area contributed by atoms with Crippen molar-refractivity contribution in [3.05, 3.63) is 30.2 Å². The molecule has 0 fully saturated rings. The molecule has 0 bridgehead atoms. The molecule has 2 heterocycles. The van der Waals surface area contributed by atoms with E-state index < -0.39 is 0 Å². The molecule has 0 aliphatic heterocycles. The molecule has 68 valence electrons. The third-order valence-electron chi connectivity index (χ3n) is 1.92. The van der Waals surface area contributed by atoms with Gasteiger partial charge in [-0.3, -0.25) is 0 Å². The van der Waals surface area contributed by atoms with E-state index in [1.165, 1.54) is 5.56 Å². The molecule has 2 aromatic rings. The Bertz CT molecular complexity index is 396. The lowest BCUT2D eigenvalue weighted by molar-refractivity contribution is 0.870. The summed E-state index contributed by atoms with van der Waals surface area (Å²) in [5, 5.41) is 4.12. The Morgan fingerprint density at radius 3 is 3.23 bits per heavy atom. The second-order valence-corrected chi connectivity index (χ2v) is 3.37. The van der Waals surface area contributed by atoms with Gasteiger partial charge < -0.3 is 0 Å².